The van der Waals surface area contributed by atoms with Crippen molar-refractivity contribution in [2.75, 3.05) is 33.8 Å². The van der Waals surface area contributed by atoms with Gasteiger partial charge in [-0.2, -0.15) is 0 Å². The lowest BCUT2D eigenvalue weighted by atomic mass is 9.95. The van der Waals surface area contributed by atoms with Gasteiger partial charge in [0.1, 0.15) is 5.75 Å². The van der Waals surface area contributed by atoms with E-state index in [0.717, 1.165) is 5.56 Å². The highest BCUT2D eigenvalue weighted by Gasteiger charge is 2.32. The molecule has 0 aliphatic carbocycles. The van der Waals surface area contributed by atoms with Gasteiger partial charge >= 0.3 is 0 Å². The van der Waals surface area contributed by atoms with Crippen LogP contribution in [0.3, 0.4) is 0 Å². The predicted octanol–water partition coefficient (Wildman–Crippen LogP) is 3.91. The number of anilines is 1. The quantitative estimate of drug-likeness (QED) is 0.344. The lowest BCUT2D eigenvalue weighted by Crippen LogP contribution is -2.40. The Bertz CT molecular complexity index is 1780. The Hall–Kier alpha value is -4.83. The molecule has 210 valence electrons. The Morgan fingerprint density at radius 3 is 2.17 bits per heavy atom. The zero-order valence-electron chi connectivity index (χ0n) is 23.3. The number of fused-ring (bicyclic) bond motifs is 1. The molecule has 0 saturated carbocycles. The van der Waals surface area contributed by atoms with Gasteiger partial charge in [0.05, 0.1) is 50.3 Å². The van der Waals surface area contributed by atoms with Gasteiger partial charge in [-0.3, -0.25) is 14.2 Å². The predicted molar refractivity (Wildman–Crippen MR) is 158 cm³/mol. The number of carbonyl (C=O) groups is 1. The zero-order chi connectivity index (χ0) is 29.1. The van der Waals surface area contributed by atoms with Crippen LogP contribution < -0.4 is 39.2 Å². The van der Waals surface area contributed by atoms with Crippen LogP contribution in [0.15, 0.2) is 87.8 Å². The SMILES string of the molecule is COc1ccc([C@H]2C(C(=O)Nc3ccccc3)=C(C)N=c3s/c(=C/c4cc(OC)c(OC)c(OC)c4)c(=O)n32)cc1. The van der Waals surface area contributed by atoms with Crippen molar-refractivity contribution < 1.29 is 23.7 Å². The van der Waals surface area contributed by atoms with Gasteiger partial charge in [0, 0.05) is 5.69 Å². The number of aromatic nitrogens is 1. The first kappa shape index (κ1) is 27.7. The highest BCUT2D eigenvalue weighted by atomic mass is 32.1. The van der Waals surface area contributed by atoms with Crippen LogP contribution in [-0.4, -0.2) is 38.9 Å². The van der Waals surface area contributed by atoms with Gasteiger partial charge in [0.15, 0.2) is 16.3 Å². The van der Waals surface area contributed by atoms with Crippen LogP contribution in [0.5, 0.6) is 23.0 Å². The Morgan fingerprint density at radius 2 is 1.59 bits per heavy atom. The summed E-state index contributed by atoms with van der Waals surface area (Å²) >= 11 is 1.25. The molecular formula is C31H29N3O6S. The summed E-state index contributed by atoms with van der Waals surface area (Å²) in [7, 11) is 6.19. The van der Waals surface area contributed by atoms with E-state index in [1.165, 1.54) is 32.7 Å². The molecule has 5 rings (SSSR count). The van der Waals surface area contributed by atoms with Crippen molar-refractivity contribution in [1.82, 2.24) is 4.57 Å². The fraction of sp³-hybridized carbons (Fsp3) is 0.194. The second kappa shape index (κ2) is 11.7. The molecule has 0 radical (unpaired) electrons. The largest absolute Gasteiger partial charge is 0.497 e. The molecule has 1 aromatic heterocycles. The second-order valence-electron chi connectivity index (χ2n) is 9.13. The van der Waals surface area contributed by atoms with E-state index in [-0.39, 0.29) is 11.5 Å². The number of hydrogen-bond acceptors (Lipinski definition) is 8. The molecule has 1 amide bonds. The average molecular weight is 572 g/mol. The minimum Gasteiger partial charge on any atom is -0.497 e. The molecule has 4 aromatic rings. The molecule has 1 N–H and O–H groups in total. The van der Waals surface area contributed by atoms with E-state index in [1.54, 1.807) is 36.8 Å². The number of nitrogens with zero attached hydrogens (tertiary/aromatic N) is 2. The van der Waals surface area contributed by atoms with Crippen LogP contribution >= 0.6 is 11.3 Å². The van der Waals surface area contributed by atoms with E-state index in [4.69, 9.17) is 23.9 Å². The molecule has 9 nitrogen and oxygen atoms in total. The van der Waals surface area contributed by atoms with Crippen molar-refractivity contribution >= 4 is 29.0 Å². The number of nitrogens with one attached hydrogen (secondary N) is 1. The van der Waals surface area contributed by atoms with Gasteiger partial charge in [-0.05, 0) is 60.5 Å². The van der Waals surface area contributed by atoms with E-state index in [0.29, 0.717) is 54.9 Å². The molecule has 10 heteroatoms. The minimum atomic E-state index is -0.706. The van der Waals surface area contributed by atoms with Gasteiger partial charge < -0.3 is 24.3 Å². The maximum atomic E-state index is 14.0. The van der Waals surface area contributed by atoms with Crippen LogP contribution in [0.2, 0.25) is 0 Å². The van der Waals surface area contributed by atoms with E-state index in [2.05, 4.69) is 5.32 Å². The first-order valence-electron chi connectivity index (χ1n) is 12.7. The summed E-state index contributed by atoms with van der Waals surface area (Å²) in [4.78, 5) is 32.9. The summed E-state index contributed by atoms with van der Waals surface area (Å²) in [6.07, 6.45) is 1.75. The van der Waals surface area contributed by atoms with Crippen molar-refractivity contribution in [1.29, 1.82) is 0 Å². The van der Waals surface area contributed by atoms with Crippen molar-refractivity contribution in [2.24, 2.45) is 4.99 Å². The van der Waals surface area contributed by atoms with E-state index < -0.39 is 6.04 Å². The van der Waals surface area contributed by atoms with E-state index in [9.17, 15) is 9.59 Å². The third kappa shape index (κ3) is 5.33. The summed E-state index contributed by atoms with van der Waals surface area (Å²) in [5.74, 6) is 1.73. The van der Waals surface area contributed by atoms with Crippen molar-refractivity contribution in [2.45, 2.75) is 13.0 Å². The normalized spacial score (nSPS) is 14.7. The molecule has 0 spiro atoms. The van der Waals surface area contributed by atoms with Crippen LogP contribution in [0.4, 0.5) is 5.69 Å². The molecule has 0 fully saturated rings. The van der Waals surface area contributed by atoms with Gasteiger partial charge in [-0.25, -0.2) is 4.99 Å². The minimum absolute atomic E-state index is 0.277. The molecule has 1 aliphatic heterocycles. The Labute approximate surface area is 240 Å². The smallest absolute Gasteiger partial charge is 0.271 e. The topological polar surface area (TPSA) is 100 Å². The van der Waals surface area contributed by atoms with Crippen LogP contribution in [0.25, 0.3) is 6.08 Å². The number of amides is 1. The molecule has 2 heterocycles. The number of rotatable bonds is 8. The van der Waals surface area contributed by atoms with Crippen LogP contribution in [0, 0.1) is 0 Å². The fourth-order valence-corrected chi connectivity index (χ4v) is 5.82. The van der Waals surface area contributed by atoms with Gasteiger partial charge in [-0.15, -0.1) is 0 Å². The number of carbonyl (C=O) groups excluding carboxylic acids is 1. The third-order valence-corrected chi connectivity index (χ3v) is 7.70. The summed E-state index contributed by atoms with van der Waals surface area (Å²) in [5, 5.41) is 2.96. The summed E-state index contributed by atoms with van der Waals surface area (Å²) in [5.41, 5.74) is 2.71. The summed E-state index contributed by atoms with van der Waals surface area (Å²) in [6.45, 7) is 1.78. The van der Waals surface area contributed by atoms with Crippen molar-refractivity contribution in [3.8, 4) is 23.0 Å². The zero-order valence-corrected chi connectivity index (χ0v) is 24.1. The van der Waals surface area contributed by atoms with Crippen LogP contribution in [-0.2, 0) is 4.79 Å². The summed E-state index contributed by atoms with van der Waals surface area (Å²) < 4.78 is 23.7. The molecule has 0 bridgehead atoms. The number of para-hydroxylation sites is 1. The first-order chi connectivity index (χ1) is 19.9. The molecule has 41 heavy (non-hydrogen) atoms. The molecule has 3 aromatic carbocycles. The number of benzene rings is 3. The number of ether oxygens (including phenoxy) is 4. The van der Waals surface area contributed by atoms with E-state index >= 15 is 0 Å². The van der Waals surface area contributed by atoms with Gasteiger partial charge in [0.2, 0.25) is 5.75 Å². The lowest BCUT2D eigenvalue weighted by molar-refractivity contribution is -0.113. The average Bonchev–Trinajstić information content (AvgIpc) is 3.29. The number of methoxy groups -OCH3 is 4. The second-order valence-corrected chi connectivity index (χ2v) is 10.1. The van der Waals surface area contributed by atoms with E-state index in [1.807, 2.05) is 54.6 Å². The maximum absolute atomic E-state index is 14.0. The Morgan fingerprint density at radius 1 is 0.927 bits per heavy atom. The molecule has 0 unspecified atom stereocenters. The van der Waals surface area contributed by atoms with Crippen molar-refractivity contribution in [3.63, 3.8) is 0 Å². The van der Waals surface area contributed by atoms with Gasteiger partial charge in [0.25, 0.3) is 11.5 Å². The number of allylic oxidation sites excluding steroid dienone is 1. The van der Waals surface area contributed by atoms with Gasteiger partial charge in [-0.1, -0.05) is 41.7 Å². The number of thiazole rings is 1. The monoisotopic (exact) mass is 571 g/mol. The summed E-state index contributed by atoms with van der Waals surface area (Å²) in [6, 6.07) is 19.3. The highest BCUT2D eigenvalue weighted by Crippen LogP contribution is 2.38. The first-order valence-corrected chi connectivity index (χ1v) is 13.5. The van der Waals surface area contributed by atoms with Crippen LogP contribution in [0.1, 0.15) is 24.1 Å². The molecule has 1 atom stereocenters. The molecule has 0 saturated heterocycles. The standard InChI is InChI=1S/C31H29N3O6S/c1-18-26(29(35)33-21-9-7-6-8-10-21)27(20-11-13-22(37-2)14-12-20)34-30(36)25(41-31(34)32-18)17-19-15-23(38-3)28(40-5)24(16-19)39-4/h6-17,27H,1-5H3,(H,33,35)/b25-17+/t27-/m0/s1. The highest BCUT2D eigenvalue weighted by molar-refractivity contribution is 7.07. The third-order valence-electron chi connectivity index (χ3n) is 6.71. The Kier molecular flexibility index (Phi) is 7.93. The molecular weight excluding hydrogens is 542 g/mol. The van der Waals surface area contributed by atoms with Crippen molar-refractivity contribution in [3.05, 3.63) is 109 Å². The maximum Gasteiger partial charge on any atom is 0.271 e. The molecule has 1 aliphatic rings. The number of hydrogen-bond donors (Lipinski definition) is 1. The fourth-order valence-electron chi connectivity index (χ4n) is 4.77. The lowest BCUT2D eigenvalue weighted by Gasteiger charge is -2.25. The Balaban J connectivity index is 1.68.